The maximum Gasteiger partial charge on any atom is 0.323 e. The van der Waals surface area contributed by atoms with Gasteiger partial charge in [-0.25, -0.2) is 0 Å². The van der Waals surface area contributed by atoms with Gasteiger partial charge in [-0.2, -0.15) is 0 Å². The number of carbonyl (C=O) groups is 2. The molecule has 0 aliphatic heterocycles. The van der Waals surface area contributed by atoms with Gasteiger partial charge in [0.15, 0.2) is 0 Å². The maximum atomic E-state index is 12.2. The summed E-state index contributed by atoms with van der Waals surface area (Å²) in [5, 5.41) is 0. The Morgan fingerprint density at radius 3 is 2.26 bits per heavy atom. The van der Waals surface area contributed by atoms with Gasteiger partial charge in [0.05, 0.1) is 0 Å². The number of nitrogens with zero attached hydrogens (tertiary/aromatic N) is 1. The van der Waals surface area contributed by atoms with Gasteiger partial charge in [0.1, 0.15) is 18.2 Å². The standard InChI is InChI=1S/C18H27NO4/c1-18(2,3)23-17(21)15(19(4)5)11-12-16(20)22-13-14-9-7-6-8-10-14/h6-10,15H,11-13H2,1-5H3. The van der Waals surface area contributed by atoms with E-state index < -0.39 is 11.6 Å². The van der Waals surface area contributed by atoms with E-state index in [0.29, 0.717) is 6.42 Å². The molecular formula is C18H27NO4. The first-order valence-electron chi connectivity index (χ1n) is 7.78. The van der Waals surface area contributed by atoms with Crippen LogP contribution < -0.4 is 0 Å². The van der Waals surface area contributed by atoms with Crippen molar-refractivity contribution < 1.29 is 19.1 Å². The van der Waals surface area contributed by atoms with Crippen molar-refractivity contribution >= 4 is 11.9 Å². The van der Waals surface area contributed by atoms with Crippen molar-refractivity contribution in [1.29, 1.82) is 0 Å². The van der Waals surface area contributed by atoms with Crippen LogP contribution >= 0.6 is 0 Å². The maximum absolute atomic E-state index is 12.2. The molecular weight excluding hydrogens is 294 g/mol. The number of hydrogen-bond donors (Lipinski definition) is 0. The summed E-state index contributed by atoms with van der Waals surface area (Å²) in [5.74, 6) is -0.636. The molecule has 0 saturated heterocycles. The molecule has 0 saturated carbocycles. The van der Waals surface area contributed by atoms with Crippen LogP contribution in [-0.4, -0.2) is 42.6 Å². The van der Waals surface area contributed by atoms with Crippen LogP contribution in [0.25, 0.3) is 0 Å². The van der Waals surface area contributed by atoms with Gasteiger partial charge in [0.2, 0.25) is 0 Å². The molecule has 0 aliphatic rings. The summed E-state index contributed by atoms with van der Waals surface area (Å²) in [4.78, 5) is 25.8. The van der Waals surface area contributed by atoms with Crippen LogP contribution in [0.15, 0.2) is 30.3 Å². The summed E-state index contributed by atoms with van der Waals surface area (Å²) in [6.45, 7) is 5.72. The molecule has 0 aliphatic carbocycles. The van der Waals surface area contributed by atoms with Crippen LogP contribution in [0.2, 0.25) is 0 Å². The van der Waals surface area contributed by atoms with E-state index >= 15 is 0 Å². The summed E-state index contributed by atoms with van der Waals surface area (Å²) in [7, 11) is 3.59. The number of benzene rings is 1. The Balaban J connectivity index is 2.45. The van der Waals surface area contributed by atoms with Gasteiger partial charge in [-0.05, 0) is 46.9 Å². The average Bonchev–Trinajstić information content (AvgIpc) is 2.44. The van der Waals surface area contributed by atoms with Gasteiger partial charge < -0.3 is 9.47 Å². The number of ether oxygens (including phenoxy) is 2. The van der Waals surface area contributed by atoms with Gasteiger partial charge in [0.25, 0.3) is 0 Å². The molecule has 0 N–H and O–H groups in total. The Morgan fingerprint density at radius 2 is 1.74 bits per heavy atom. The molecule has 1 aromatic carbocycles. The molecule has 0 spiro atoms. The molecule has 1 rings (SSSR count). The molecule has 0 aromatic heterocycles. The minimum Gasteiger partial charge on any atom is -0.461 e. The van der Waals surface area contributed by atoms with E-state index in [2.05, 4.69) is 0 Å². The first-order chi connectivity index (χ1) is 10.7. The molecule has 1 aromatic rings. The fraction of sp³-hybridized carbons (Fsp3) is 0.556. The molecule has 1 atom stereocenters. The number of hydrogen-bond acceptors (Lipinski definition) is 5. The zero-order chi connectivity index (χ0) is 17.5. The fourth-order valence-corrected chi connectivity index (χ4v) is 2.02. The molecule has 5 heteroatoms. The van der Waals surface area contributed by atoms with Gasteiger partial charge in [-0.1, -0.05) is 30.3 Å². The highest BCUT2D eigenvalue weighted by atomic mass is 16.6. The highest BCUT2D eigenvalue weighted by Gasteiger charge is 2.27. The summed E-state index contributed by atoms with van der Waals surface area (Å²) < 4.78 is 10.6. The van der Waals surface area contributed by atoms with Crippen LogP contribution in [0.4, 0.5) is 0 Å². The monoisotopic (exact) mass is 321 g/mol. The van der Waals surface area contributed by atoms with E-state index in [1.807, 2.05) is 51.1 Å². The Kier molecular flexibility index (Phi) is 7.23. The zero-order valence-corrected chi connectivity index (χ0v) is 14.7. The fourth-order valence-electron chi connectivity index (χ4n) is 2.02. The second kappa shape index (κ2) is 8.67. The lowest BCUT2D eigenvalue weighted by atomic mass is 10.1. The topological polar surface area (TPSA) is 55.8 Å². The molecule has 23 heavy (non-hydrogen) atoms. The van der Waals surface area contributed by atoms with Crippen LogP contribution in [-0.2, 0) is 25.7 Å². The number of rotatable bonds is 7. The third kappa shape index (κ3) is 7.79. The third-order valence-corrected chi connectivity index (χ3v) is 3.17. The van der Waals surface area contributed by atoms with E-state index in [1.54, 1.807) is 19.0 Å². The van der Waals surface area contributed by atoms with Crippen molar-refractivity contribution in [2.24, 2.45) is 0 Å². The molecule has 0 amide bonds. The summed E-state index contributed by atoms with van der Waals surface area (Å²) in [5.41, 5.74) is 0.399. The van der Waals surface area contributed by atoms with Gasteiger partial charge >= 0.3 is 11.9 Å². The molecule has 128 valence electrons. The smallest absolute Gasteiger partial charge is 0.323 e. The van der Waals surface area contributed by atoms with E-state index in [-0.39, 0.29) is 25.0 Å². The minimum absolute atomic E-state index is 0.176. The Bertz CT molecular complexity index is 506. The Morgan fingerprint density at radius 1 is 1.13 bits per heavy atom. The Hall–Kier alpha value is -1.88. The largest absolute Gasteiger partial charge is 0.461 e. The lowest BCUT2D eigenvalue weighted by Crippen LogP contribution is -2.40. The van der Waals surface area contributed by atoms with Crippen molar-refractivity contribution in [2.45, 2.75) is 51.9 Å². The van der Waals surface area contributed by atoms with Crippen molar-refractivity contribution in [3.05, 3.63) is 35.9 Å². The average molecular weight is 321 g/mol. The molecule has 0 radical (unpaired) electrons. The summed E-state index contributed by atoms with van der Waals surface area (Å²) in [6.07, 6.45) is 0.546. The number of carbonyl (C=O) groups excluding carboxylic acids is 2. The van der Waals surface area contributed by atoms with E-state index in [1.165, 1.54) is 0 Å². The van der Waals surface area contributed by atoms with Crippen LogP contribution in [0.1, 0.15) is 39.2 Å². The van der Waals surface area contributed by atoms with E-state index in [4.69, 9.17) is 9.47 Å². The third-order valence-electron chi connectivity index (χ3n) is 3.17. The molecule has 5 nitrogen and oxygen atoms in total. The Labute approximate surface area is 138 Å². The quantitative estimate of drug-likeness (QED) is 0.723. The van der Waals surface area contributed by atoms with Gasteiger partial charge in [-0.15, -0.1) is 0 Å². The van der Waals surface area contributed by atoms with Crippen molar-refractivity contribution in [1.82, 2.24) is 4.90 Å². The molecule has 1 unspecified atom stereocenters. The lowest BCUT2D eigenvalue weighted by molar-refractivity contribution is -0.161. The number of esters is 2. The highest BCUT2D eigenvalue weighted by molar-refractivity contribution is 5.77. The van der Waals surface area contributed by atoms with Gasteiger partial charge in [0, 0.05) is 6.42 Å². The molecule has 0 heterocycles. The number of likely N-dealkylation sites (N-methyl/N-ethyl adjacent to an activating group) is 1. The second-order valence-corrected chi connectivity index (χ2v) is 6.70. The molecule has 0 bridgehead atoms. The first kappa shape index (κ1) is 19.2. The van der Waals surface area contributed by atoms with Crippen LogP contribution in [0.5, 0.6) is 0 Å². The van der Waals surface area contributed by atoms with Crippen LogP contribution in [0.3, 0.4) is 0 Å². The summed E-state index contributed by atoms with van der Waals surface area (Å²) >= 11 is 0. The van der Waals surface area contributed by atoms with Gasteiger partial charge in [-0.3, -0.25) is 14.5 Å². The zero-order valence-electron chi connectivity index (χ0n) is 14.7. The van der Waals surface area contributed by atoms with E-state index in [9.17, 15) is 9.59 Å². The van der Waals surface area contributed by atoms with Crippen molar-refractivity contribution in [2.75, 3.05) is 14.1 Å². The van der Waals surface area contributed by atoms with Crippen molar-refractivity contribution in [3.63, 3.8) is 0 Å². The predicted octanol–water partition coefficient (Wildman–Crippen LogP) is 2.78. The summed E-state index contributed by atoms with van der Waals surface area (Å²) in [6, 6.07) is 9.04. The SMILES string of the molecule is CN(C)C(CCC(=O)OCc1ccccc1)C(=O)OC(C)(C)C. The van der Waals surface area contributed by atoms with E-state index in [0.717, 1.165) is 5.56 Å². The lowest BCUT2D eigenvalue weighted by Gasteiger charge is -2.27. The molecule has 0 fully saturated rings. The highest BCUT2D eigenvalue weighted by Crippen LogP contribution is 2.14. The normalized spacial score (nSPS) is 12.8. The predicted molar refractivity (Wildman–Crippen MR) is 88.8 cm³/mol. The second-order valence-electron chi connectivity index (χ2n) is 6.70. The van der Waals surface area contributed by atoms with Crippen molar-refractivity contribution in [3.8, 4) is 0 Å². The van der Waals surface area contributed by atoms with Crippen LogP contribution in [0, 0.1) is 0 Å². The first-order valence-corrected chi connectivity index (χ1v) is 7.78. The minimum atomic E-state index is -0.542.